The zero-order valence-electron chi connectivity index (χ0n) is 11.4. The molecule has 2 aromatic heterocycles. The van der Waals surface area contributed by atoms with E-state index in [1.807, 2.05) is 38.1 Å². The molecule has 20 heavy (non-hydrogen) atoms. The number of fused-ring (bicyclic) bond motifs is 1. The van der Waals surface area contributed by atoms with E-state index in [2.05, 4.69) is 4.98 Å². The van der Waals surface area contributed by atoms with Crippen molar-refractivity contribution in [2.45, 2.75) is 25.2 Å². The van der Waals surface area contributed by atoms with Crippen LogP contribution in [0.25, 0.3) is 11.0 Å². The van der Waals surface area contributed by atoms with Gasteiger partial charge >= 0.3 is 0 Å². The minimum Gasteiger partial charge on any atom is -0.347 e. The molecule has 0 aliphatic carbocycles. The van der Waals surface area contributed by atoms with Crippen LogP contribution >= 0.6 is 0 Å². The Balaban J connectivity index is 2.27. The van der Waals surface area contributed by atoms with E-state index in [0.717, 1.165) is 16.6 Å². The minimum absolute atomic E-state index is 0.310. The fourth-order valence-electron chi connectivity index (χ4n) is 2.38. The Kier molecular flexibility index (Phi) is 2.94. The molecule has 0 bridgehead atoms. The fourth-order valence-corrected chi connectivity index (χ4v) is 3.96. The van der Waals surface area contributed by atoms with Crippen molar-refractivity contribution >= 4 is 21.1 Å². The molecule has 0 saturated carbocycles. The average molecular weight is 288 g/mol. The van der Waals surface area contributed by atoms with E-state index in [9.17, 15) is 8.42 Å². The lowest BCUT2D eigenvalue weighted by atomic mass is 10.2. The summed E-state index contributed by atoms with van der Waals surface area (Å²) in [7, 11) is -3.57. The molecule has 0 saturated heterocycles. The van der Waals surface area contributed by atoms with Crippen LogP contribution in [0.2, 0.25) is 0 Å². The molecular weight excluding hydrogens is 272 g/mol. The van der Waals surface area contributed by atoms with Gasteiger partial charge in [0.1, 0.15) is 5.65 Å². The lowest BCUT2D eigenvalue weighted by molar-refractivity contribution is 0.587. The standard InChI is InChI=1S/C15H16N2O2S/c1-3-13-10-12-8-9-16-15(12)17(13)20(18,19)14-6-4-11(2)5-7-14/h4-10,16H,3H2,1-2H3. The summed E-state index contributed by atoms with van der Waals surface area (Å²) in [6.45, 7) is 3.89. The second kappa shape index (κ2) is 4.52. The summed E-state index contributed by atoms with van der Waals surface area (Å²) in [5, 5.41) is 0.914. The van der Waals surface area contributed by atoms with Crippen LogP contribution in [0.4, 0.5) is 0 Å². The molecule has 0 unspecified atom stereocenters. The summed E-state index contributed by atoms with van der Waals surface area (Å²) < 4.78 is 27.1. The van der Waals surface area contributed by atoms with E-state index >= 15 is 0 Å². The van der Waals surface area contributed by atoms with Gasteiger partial charge in [-0.15, -0.1) is 0 Å². The smallest absolute Gasteiger partial charge is 0.269 e. The zero-order chi connectivity index (χ0) is 14.3. The first-order chi connectivity index (χ1) is 9.54. The molecule has 0 amide bonds. The van der Waals surface area contributed by atoms with Crippen LogP contribution in [0.1, 0.15) is 18.2 Å². The average Bonchev–Trinajstić information content (AvgIpc) is 2.98. The van der Waals surface area contributed by atoms with Crippen LogP contribution in [0, 0.1) is 6.92 Å². The predicted octanol–water partition coefficient (Wildman–Crippen LogP) is 3.08. The third kappa shape index (κ3) is 1.86. The Morgan fingerprint density at radius 3 is 2.50 bits per heavy atom. The van der Waals surface area contributed by atoms with Crippen molar-refractivity contribution in [3.63, 3.8) is 0 Å². The third-order valence-electron chi connectivity index (χ3n) is 3.46. The summed E-state index contributed by atoms with van der Waals surface area (Å²) in [4.78, 5) is 3.32. The van der Waals surface area contributed by atoms with Crippen molar-refractivity contribution in [2.75, 3.05) is 0 Å². The van der Waals surface area contributed by atoms with Gasteiger partial charge in [-0.05, 0) is 37.6 Å². The second-order valence-corrected chi connectivity index (χ2v) is 6.64. The number of nitrogens with one attached hydrogen (secondary N) is 1. The van der Waals surface area contributed by atoms with Gasteiger partial charge in [0.2, 0.25) is 0 Å². The molecule has 0 aliphatic rings. The Morgan fingerprint density at radius 2 is 1.85 bits per heavy atom. The number of aryl methyl sites for hydroxylation is 2. The molecule has 1 aromatic carbocycles. The Morgan fingerprint density at radius 1 is 1.15 bits per heavy atom. The van der Waals surface area contributed by atoms with Gasteiger partial charge in [-0.3, -0.25) is 0 Å². The zero-order valence-corrected chi connectivity index (χ0v) is 12.2. The molecule has 0 radical (unpaired) electrons. The summed E-state index contributed by atoms with van der Waals surface area (Å²) in [5.74, 6) is 0. The molecule has 0 aliphatic heterocycles. The summed E-state index contributed by atoms with van der Waals surface area (Å²) in [6.07, 6.45) is 2.42. The fraction of sp³-hybridized carbons (Fsp3) is 0.200. The van der Waals surface area contributed by atoms with E-state index in [4.69, 9.17) is 0 Å². The van der Waals surface area contributed by atoms with Gasteiger partial charge < -0.3 is 4.98 Å². The van der Waals surface area contributed by atoms with Crippen molar-refractivity contribution in [2.24, 2.45) is 0 Å². The van der Waals surface area contributed by atoms with E-state index in [1.165, 1.54) is 3.97 Å². The van der Waals surface area contributed by atoms with Crippen molar-refractivity contribution < 1.29 is 8.42 Å². The largest absolute Gasteiger partial charge is 0.347 e. The van der Waals surface area contributed by atoms with Crippen molar-refractivity contribution in [1.82, 2.24) is 8.96 Å². The first-order valence-corrected chi connectivity index (χ1v) is 7.98. The molecular formula is C15H16N2O2S. The number of benzene rings is 1. The van der Waals surface area contributed by atoms with Crippen LogP contribution in [-0.4, -0.2) is 17.4 Å². The van der Waals surface area contributed by atoms with Crippen LogP contribution in [-0.2, 0) is 16.4 Å². The van der Waals surface area contributed by atoms with Gasteiger partial charge in [0.25, 0.3) is 10.0 Å². The molecule has 1 N–H and O–H groups in total. The molecule has 4 nitrogen and oxygen atoms in total. The predicted molar refractivity (Wildman–Crippen MR) is 79.4 cm³/mol. The molecule has 5 heteroatoms. The third-order valence-corrected chi connectivity index (χ3v) is 5.23. The number of rotatable bonds is 3. The highest BCUT2D eigenvalue weighted by Crippen LogP contribution is 2.25. The summed E-state index contributed by atoms with van der Waals surface area (Å²) in [6, 6.07) is 10.7. The topological polar surface area (TPSA) is 54.9 Å². The number of H-pyrrole nitrogens is 1. The Hall–Kier alpha value is -2.01. The van der Waals surface area contributed by atoms with E-state index in [-0.39, 0.29) is 0 Å². The maximum atomic E-state index is 12.8. The summed E-state index contributed by atoms with van der Waals surface area (Å²) in [5.41, 5.74) is 2.45. The van der Waals surface area contributed by atoms with Crippen molar-refractivity contribution in [3.8, 4) is 0 Å². The highest BCUT2D eigenvalue weighted by atomic mass is 32.2. The maximum absolute atomic E-state index is 12.8. The molecule has 104 valence electrons. The van der Waals surface area contributed by atoms with Crippen LogP contribution in [0.5, 0.6) is 0 Å². The van der Waals surface area contributed by atoms with Gasteiger partial charge in [-0.25, -0.2) is 12.4 Å². The van der Waals surface area contributed by atoms with Crippen LogP contribution in [0.15, 0.2) is 47.5 Å². The number of aromatic nitrogens is 2. The molecule has 0 spiro atoms. The minimum atomic E-state index is -3.57. The van der Waals surface area contributed by atoms with E-state index < -0.39 is 10.0 Å². The van der Waals surface area contributed by atoms with E-state index in [1.54, 1.807) is 18.3 Å². The van der Waals surface area contributed by atoms with Crippen LogP contribution < -0.4 is 0 Å². The second-order valence-electron chi connectivity index (χ2n) is 4.85. The Labute approximate surface area is 118 Å². The number of hydrogen-bond acceptors (Lipinski definition) is 2. The molecule has 3 aromatic rings. The maximum Gasteiger partial charge on any atom is 0.269 e. The first-order valence-electron chi connectivity index (χ1n) is 6.54. The van der Waals surface area contributed by atoms with Crippen LogP contribution in [0.3, 0.4) is 0 Å². The molecule has 3 rings (SSSR count). The molecule has 0 fully saturated rings. The summed E-state index contributed by atoms with van der Waals surface area (Å²) >= 11 is 0. The van der Waals surface area contributed by atoms with Gasteiger partial charge in [0, 0.05) is 17.3 Å². The van der Waals surface area contributed by atoms with Gasteiger partial charge in [-0.1, -0.05) is 24.6 Å². The molecule has 0 atom stereocenters. The molecule has 2 heterocycles. The highest BCUT2D eigenvalue weighted by molar-refractivity contribution is 7.90. The lowest BCUT2D eigenvalue weighted by Gasteiger charge is -2.10. The quantitative estimate of drug-likeness (QED) is 0.805. The van der Waals surface area contributed by atoms with Gasteiger partial charge in [0.15, 0.2) is 0 Å². The van der Waals surface area contributed by atoms with Crippen molar-refractivity contribution in [3.05, 3.63) is 53.9 Å². The highest BCUT2D eigenvalue weighted by Gasteiger charge is 2.22. The first kappa shape index (κ1) is 13.0. The number of hydrogen-bond donors (Lipinski definition) is 1. The van der Waals surface area contributed by atoms with Gasteiger partial charge in [0.05, 0.1) is 4.90 Å². The number of aromatic amines is 1. The number of nitrogens with zero attached hydrogens (tertiary/aromatic N) is 1. The van der Waals surface area contributed by atoms with Gasteiger partial charge in [-0.2, -0.15) is 0 Å². The Bertz CT molecular complexity index is 855. The monoisotopic (exact) mass is 288 g/mol. The van der Waals surface area contributed by atoms with E-state index in [0.29, 0.717) is 17.0 Å². The lowest BCUT2D eigenvalue weighted by Crippen LogP contribution is -2.15. The SMILES string of the molecule is CCc1cc2cc[nH]c2n1S(=O)(=O)c1ccc(C)cc1. The van der Waals surface area contributed by atoms with Crippen molar-refractivity contribution in [1.29, 1.82) is 0 Å². The normalized spacial score (nSPS) is 12.1.